The summed E-state index contributed by atoms with van der Waals surface area (Å²) in [5.74, 6) is -0.394. The van der Waals surface area contributed by atoms with Crippen molar-refractivity contribution >= 4 is 23.6 Å². The lowest BCUT2D eigenvalue weighted by Gasteiger charge is -2.26. The molecular weight excluding hydrogens is 374 g/mol. The number of hydrogen-bond donors (Lipinski definition) is 1. The van der Waals surface area contributed by atoms with Crippen LogP contribution >= 0.6 is 11.8 Å². The summed E-state index contributed by atoms with van der Waals surface area (Å²) in [5, 5.41) is 4.11. The average molecular weight is 395 g/mol. The lowest BCUT2D eigenvalue weighted by atomic mass is 10.1. The first-order valence-corrected chi connectivity index (χ1v) is 9.68. The summed E-state index contributed by atoms with van der Waals surface area (Å²) in [7, 11) is 1.77. The van der Waals surface area contributed by atoms with Crippen molar-refractivity contribution in [3.63, 3.8) is 0 Å². The topological polar surface area (TPSA) is 94.1 Å². The number of carbonyl (C=O) groups is 2. The molecule has 3 aromatic rings. The van der Waals surface area contributed by atoms with Crippen molar-refractivity contribution in [1.29, 1.82) is 0 Å². The molecule has 1 atom stereocenters. The minimum Gasteiger partial charge on any atom is -0.369 e. The van der Waals surface area contributed by atoms with Crippen molar-refractivity contribution < 1.29 is 9.59 Å². The van der Waals surface area contributed by atoms with Crippen molar-refractivity contribution in [2.24, 2.45) is 5.73 Å². The quantitative estimate of drug-likeness (QED) is 0.621. The van der Waals surface area contributed by atoms with Gasteiger partial charge in [0, 0.05) is 11.9 Å². The Morgan fingerprint density at radius 1 is 1.18 bits per heavy atom. The Bertz CT molecular complexity index is 957. The maximum Gasteiger partial charge on any atom is 0.255 e. The van der Waals surface area contributed by atoms with Crippen molar-refractivity contribution in [2.75, 3.05) is 12.8 Å². The van der Waals surface area contributed by atoms with Crippen LogP contribution in [0.4, 0.5) is 0 Å². The summed E-state index contributed by atoms with van der Waals surface area (Å²) in [6.45, 7) is 1.97. The Hall–Kier alpha value is -3.13. The molecule has 1 aromatic heterocycles. The van der Waals surface area contributed by atoms with Gasteiger partial charge < -0.3 is 10.6 Å². The monoisotopic (exact) mass is 395 g/mol. The Balaban J connectivity index is 1.77. The summed E-state index contributed by atoms with van der Waals surface area (Å²) >= 11 is 1.27. The number of primary amides is 1. The highest BCUT2D eigenvalue weighted by Crippen LogP contribution is 2.27. The number of carbonyl (C=O) groups excluding carboxylic acids is 2. The van der Waals surface area contributed by atoms with Gasteiger partial charge >= 0.3 is 0 Å². The number of nitrogens with zero attached hydrogens (tertiary/aromatic N) is 4. The molecule has 2 amide bonds. The largest absolute Gasteiger partial charge is 0.369 e. The summed E-state index contributed by atoms with van der Waals surface area (Å²) in [5.41, 5.74) is 7.69. The van der Waals surface area contributed by atoms with Gasteiger partial charge in [0.25, 0.3) is 5.91 Å². The average Bonchev–Trinajstić information content (AvgIpc) is 3.26. The Morgan fingerprint density at radius 3 is 2.54 bits per heavy atom. The number of nitrogens with two attached hydrogens (primary N) is 1. The van der Waals surface area contributed by atoms with Crippen LogP contribution in [0.2, 0.25) is 0 Å². The van der Waals surface area contributed by atoms with Crippen LogP contribution in [-0.2, 0) is 4.79 Å². The number of benzene rings is 2. The molecule has 0 aliphatic heterocycles. The molecule has 0 aliphatic rings. The number of hydrogen-bond acceptors (Lipinski definition) is 5. The van der Waals surface area contributed by atoms with Gasteiger partial charge in [-0.3, -0.25) is 9.59 Å². The molecule has 0 saturated carbocycles. The van der Waals surface area contributed by atoms with E-state index < -0.39 is 5.91 Å². The van der Waals surface area contributed by atoms with Gasteiger partial charge in [-0.25, -0.2) is 9.67 Å². The molecule has 28 heavy (non-hydrogen) atoms. The van der Waals surface area contributed by atoms with Gasteiger partial charge in [-0.2, -0.15) is 5.10 Å². The van der Waals surface area contributed by atoms with Crippen molar-refractivity contribution in [3.8, 4) is 5.69 Å². The smallest absolute Gasteiger partial charge is 0.255 e. The zero-order valence-corrected chi connectivity index (χ0v) is 16.5. The molecule has 3 rings (SSSR count). The summed E-state index contributed by atoms with van der Waals surface area (Å²) in [4.78, 5) is 30.5. The highest BCUT2D eigenvalue weighted by atomic mass is 32.2. The second-order valence-corrected chi connectivity index (χ2v) is 7.29. The van der Waals surface area contributed by atoms with E-state index in [9.17, 15) is 9.59 Å². The second-order valence-electron chi connectivity index (χ2n) is 6.27. The molecule has 0 radical (unpaired) electrons. The summed E-state index contributed by atoms with van der Waals surface area (Å²) in [6, 6.07) is 14.9. The standard InChI is InChI=1S/C20H21N5O2S/c1-14(15-7-9-16(10-8-15)25-13-22-12-23-25)24(2)20(27)17-5-3-4-6-18(17)28-11-19(21)26/h3-10,12-14H,11H2,1-2H3,(H2,21,26). The van der Waals surface area contributed by atoms with E-state index in [1.165, 1.54) is 18.1 Å². The molecule has 0 fully saturated rings. The molecule has 7 nitrogen and oxygen atoms in total. The van der Waals surface area contributed by atoms with Crippen molar-refractivity contribution in [3.05, 3.63) is 72.3 Å². The van der Waals surface area contributed by atoms with Crippen LogP contribution in [0, 0.1) is 0 Å². The van der Waals surface area contributed by atoms with Gasteiger partial charge in [0.15, 0.2) is 0 Å². The normalized spacial score (nSPS) is 11.8. The highest BCUT2D eigenvalue weighted by Gasteiger charge is 2.21. The van der Waals surface area contributed by atoms with Gasteiger partial charge in [0.1, 0.15) is 12.7 Å². The van der Waals surface area contributed by atoms with Crippen molar-refractivity contribution in [1.82, 2.24) is 19.7 Å². The van der Waals surface area contributed by atoms with Gasteiger partial charge in [-0.15, -0.1) is 11.8 Å². The lowest BCUT2D eigenvalue weighted by Crippen LogP contribution is -2.30. The molecule has 1 heterocycles. The zero-order chi connectivity index (χ0) is 20.1. The van der Waals surface area contributed by atoms with E-state index in [0.29, 0.717) is 5.56 Å². The molecule has 0 spiro atoms. The molecule has 0 bridgehead atoms. The molecule has 2 aromatic carbocycles. The summed E-state index contributed by atoms with van der Waals surface area (Å²) < 4.78 is 1.68. The van der Waals surface area contributed by atoms with Crippen LogP contribution in [0.25, 0.3) is 5.69 Å². The van der Waals surface area contributed by atoms with E-state index in [2.05, 4.69) is 10.1 Å². The van der Waals surface area contributed by atoms with Crippen LogP contribution in [0.1, 0.15) is 28.9 Å². The summed E-state index contributed by atoms with van der Waals surface area (Å²) in [6.07, 6.45) is 3.12. The third kappa shape index (κ3) is 4.40. The number of rotatable bonds is 7. The highest BCUT2D eigenvalue weighted by molar-refractivity contribution is 8.00. The molecule has 2 N–H and O–H groups in total. The third-order valence-corrected chi connectivity index (χ3v) is 5.54. The van der Waals surface area contributed by atoms with E-state index in [-0.39, 0.29) is 17.7 Å². The number of thioether (sulfide) groups is 1. The van der Waals surface area contributed by atoms with E-state index in [1.807, 2.05) is 49.4 Å². The van der Waals surface area contributed by atoms with Gasteiger partial charge in [0.2, 0.25) is 5.91 Å². The van der Waals surface area contributed by atoms with Gasteiger partial charge in [-0.1, -0.05) is 24.3 Å². The minimum atomic E-state index is -0.415. The van der Waals surface area contributed by atoms with Crippen LogP contribution in [0.15, 0.2) is 66.1 Å². The number of aromatic nitrogens is 3. The van der Waals surface area contributed by atoms with E-state index >= 15 is 0 Å². The van der Waals surface area contributed by atoms with E-state index in [0.717, 1.165) is 16.1 Å². The first kappa shape index (κ1) is 19.6. The fourth-order valence-electron chi connectivity index (χ4n) is 2.75. The Morgan fingerprint density at radius 2 is 1.89 bits per heavy atom. The van der Waals surface area contributed by atoms with Crippen LogP contribution in [0.3, 0.4) is 0 Å². The Kier molecular flexibility index (Phi) is 6.10. The minimum absolute atomic E-state index is 0.111. The first-order valence-electron chi connectivity index (χ1n) is 8.69. The molecule has 8 heteroatoms. The number of amides is 2. The molecule has 144 valence electrons. The predicted octanol–water partition coefficient (Wildman–Crippen LogP) is 2.68. The maximum absolute atomic E-state index is 13.1. The molecule has 0 aliphatic carbocycles. The third-order valence-electron chi connectivity index (χ3n) is 4.45. The van der Waals surface area contributed by atoms with Crippen LogP contribution in [-0.4, -0.2) is 44.3 Å². The fraction of sp³-hybridized carbons (Fsp3) is 0.200. The van der Waals surface area contributed by atoms with Crippen LogP contribution in [0.5, 0.6) is 0 Å². The lowest BCUT2D eigenvalue weighted by molar-refractivity contribution is -0.115. The molecule has 1 unspecified atom stereocenters. The van der Waals surface area contributed by atoms with E-state index in [1.54, 1.807) is 29.0 Å². The van der Waals surface area contributed by atoms with Crippen LogP contribution < -0.4 is 5.73 Å². The fourth-order valence-corrected chi connectivity index (χ4v) is 3.54. The van der Waals surface area contributed by atoms with E-state index in [4.69, 9.17) is 5.73 Å². The zero-order valence-electron chi connectivity index (χ0n) is 15.6. The SMILES string of the molecule is CC(c1ccc(-n2cncn2)cc1)N(C)C(=O)c1ccccc1SCC(N)=O. The second kappa shape index (κ2) is 8.71. The van der Waals surface area contributed by atoms with Gasteiger partial charge in [0.05, 0.1) is 23.0 Å². The predicted molar refractivity (Wildman–Crippen MR) is 108 cm³/mol. The maximum atomic E-state index is 13.1. The molecular formula is C20H21N5O2S. The molecule has 0 saturated heterocycles. The van der Waals surface area contributed by atoms with Crippen molar-refractivity contribution in [2.45, 2.75) is 17.9 Å². The van der Waals surface area contributed by atoms with Gasteiger partial charge in [-0.05, 0) is 36.8 Å². The first-order chi connectivity index (χ1) is 13.5. The Labute approximate surface area is 167 Å².